The van der Waals surface area contributed by atoms with Crippen molar-refractivity contribution in [3.8, 4) is 0 Å². The second-order valence-corrected chi connectivity index (χ2v) is 5.11. The molecule has 1 saturated heterocycles. The van der Waals surface area contributed by atoms with E-state index in [1.54, 1.807) is 24.3 Å². The molecule has 1 heterocycles. The molecule has 2 rings (SSSR count). The van der Waals surface area contributed by atoms with Crippen LogP contribution in [0, 0.1) is 0 Å². The number of para-hydroxylation sites is 1. The Kier molecular flexibility index (Phi) is 4.80. The number of ether oxygens (including phenoxy) is 1. The van der Waals surface area contributed by atoms with Gasteiger partial charge in [-0.25, -0.2) is 4.79 Å². The van der Waals surface area contributed by atoms with E-state index in [0.717, 1.165) is 0 Å². The highest BCUT2D eigenvalue weighted by Crippen LogP contribution is 2.20. The van der Waals surface area contributed by atoms with E-state index in [0.29, 0.717) is 23.6 Å². The number of anilines is 1. The topological polar surface area (TPSA) is 84.5 Å². The number of hydrogen-bond donors (Lipinski definition) is 2. The highest BCUT2D eigenvalue weighted by molar-refractivity contribution is 6.33. The molecule has 0 bridgehead atoms. The Labute approximate surface area is 126 Å². The highest BCUT2D eigenvalue weighted by Gasteiger charge is 2.30. The van der Waals surface area contributed by atoms with Crippen LogP contribution in [0.2, 0.25) is 5.02 Å². The molecule has 0 radical (unpaired) electrons. The number of esters is 1. The van der Waals surface area contributed by atoms with Crippen molar-refractivity contribution in [3.63, 3.8) is 0 Å². The largest absolute Gasteiger partial charge is 0.451 e. The SMILES string of the molecule is C[C@@H](OC(=O)[C@H]1CCC(=O)N1)C(=O)Nc1ccccc1Cl. The number of amides is 2. The molecule has 1 aromatic carbocycles. The van der Waals surface area contributed by atoms with Gasteiger partial charge >= 0.3 is 5.97 Å². The Hall–Kier alpha value is -2.08. The van der Waals surface area contributed by atoms with Gasteiger partial charge < -0.3 is 15.4 Å². The molecule has 0 unspecified atom stereocenters. The molecule has 2 N–H and O–H groups in total. The molecule has 0 aliphatic carbocycles. The van der Waals surface area contributed by atoms with Crippen LogP contribution < -0.4 is 10.6 Å². The normalized spacial score (nSPS) is 18.8. The van der Waals surface area contributed by atoms with Crippen LogP contribution in [0.15, 0.2) is 24.3 Å². The third kappa shape index (κ3) is 3.95. The quantitative estimate of drug-likeness (QED) is 0.825. The number of hydrogen-bond acceptors (Lipinski definition) is 4. The summed E-state index contributed by atoms with van der Waals surface area (Å²) in [5.41, 5.74) is 0.446. The fourth-order valence-electron chi connectivity index (χ4n) is 1.90. The zero-order chi connectivity index (χ0) is 15.4. The molecule has 21 heavy (non-hydrogen) atoms. The summed E-state index contributed by atoms with van der Waals surface area (Å²) >= 11 is 5.93. The summed E-state index contributed by atoms with van der Waals surface area (Å²) in [6, 6.07) is 6.08. The van der Waals surface area contributed by atoms with E-state index >= 15 is 0 Å². The minimum Gasteiger partial charge on any atom is -0.451 e. The monoisotopic (exact) mass is 310 g/mol. The van der Waals surface area contributed by atoms with Crippen LogP contribution in [0.4, 0.5) is 5.69 Å². The number of benzene rings is 1. The predicted octanol–water partition coefficient (Wildman–Crippen LogP) is 1.49. The summed E-state index contributed by atoms with van der Waals surface area (Å²) in [5, 5.41) is 5.47. The van der Waals surface area contributed by atoms with Gasteiger partial charge in [-0.05, 0) is 25.5 Å². The predicted molar refractivity (Wildman–Crippen MR) is 76.8 cm³/mol. The van der Waals surface area contributed by atoms with Crippen molar-refractivity contribution in [2.45, 2.75) is 31.9 Å². The number of rotatable bonds is 4. The molecular formula is C14H15ClN2O4. The fraction of sp³-hybridized carbons (Fsp3) is 0.357. The molecule has 112 valence electrons. The van der Waals surface area contributed by atoms with Crippen molar-refractivity contribution in [1.29, 1.82) is 0 Å². The number of carbonyl (C=O) groups is 3. The van der Waals surface area contributed by atoms with E-state index < -0.39 is 24.0 Å². The van der Waals surface area contributed by atoms with Crippen molar-refractivity contribution in [1.82, 2.24) is 5.32 Å². The number of carbonyl (C=O) groups excluding carboxylic acids is 3. The smallest absolute Gasteiger partial charge is 0.329 e. The van der Waals surface area contributed by atoms with Crippen LogP contribution in [-0.4, -0.2) is 29.9 Å². The standard InChI is InChI=1S/C14H15ClN2O4/c1-8(21-14(20)11-6-7-12(18)16-11)13(19)17-10-5-3-2-4-9(10)15/h2-5,8,11H,6-7H2,1H3,(H,16,18)(H,17,19)/t8-,11-/m1/s1. The molecule has 1 aliphatic heterocycles. The van der Waals surface area contributed by atoms with Crippen molar-refractivity contribution < 1.29 is 19.1 Å². The van der Waals surface area contributed by atoms with E-state index in [1.165, 1.54) is 6.92 Å². The van der Waals surface area contributed by atoms with Gasteiger partial charge in [0, 0.05) is 6.42 Å². The molecule has 2 atom stereocenters. The Bertz CT molecular complexity index is 576. The lowest BCUT2D eigenvalue weighted by Crippen LogP contribution is -2.39. The molecule has 6 nitrogen and oxygen atoms in total. The summed E-state index contributed by atoms with van der Waals surface area (Å²) in [6.45, 7) is 1.46. The van der Waals surface area contributed by atoms with Crippen LogP contribution in [-0.2, 0) is 19.1 Å². The first kappa shape index (κ1) is 15.3. The van der Waals surface area contributed by atoms with E-state index in [1.807, 2.05) is 0 Å². The first-order valence-electron chi connectivity index (χ1n) is 6.52. The second-order valence-electron chi connectivity index (χ2n) is 4.71. The van der Waals surface area contributed by atoms with Gasteiger partial charge in [0.15, 0.2) is 6.10 Å². The summed E-state index contributed by atoms with van der Waals surface area (Å²) in [5.74, 6) is -1.28. The molecular weight excluding hydrogens is 296 g/mol. The van der Waals surface area contributed by atoms with Crippen LogP contribution in [0.1, 0.15) is 19.8 Å². The van der Waals surface area contributed by atoms with Gasteiger partial charge in [0.1, 0.15) is 6.04 Å². The summed E-state index contributed by atoms with van der Waals surface area (Å²) in [6.07, 6.45) is -0.303. The lowest BCUT2D eigenvalue weighted by molar-refractivity contribution is -0.155. The Morgan fingerprint density at radius 1 is 1.43 bits per heavy atom. The lowest BCUT2D eigenvalue weighted by Gasteiger charge is -2.16. The van der Waals surface area contributed by atoms with Gasteiger partial charge in [-0.3, -0.25) is 9.59 Å². The van der Waals surface area contributed by atoms with Crippen LogP contribution in [0.25, 0.3) is 0 Å². The molecule has 1 fully saturated rings. The first-order valence-corrected chi connectivity index (χ1v) is 6.90. The van der Waals surface area contributed by atoms with Crippen molar-refractivity contribution in [2.75, 3.05) is 5.32 Å². The zero-order valence-corrected chi connectivity index (χ0v) is 12.1. The van der Waals surface area contributed by atoms with Crippen LogP contribution in [0.3, 0.4) is 0 Å². The Morgan fingerprint density at radius 2 is 2.14 bits per heavy atom. The van der Waals surface area contributed by atoms with Crippen molar-refractivity contribution in [2.24, 2.45) is 0 Å². The van der Waals surface area contributed by atoms with Crippen molar-refractivity contribution in [3.05, 3.63) is 29.3 Å². The van der Waals surface area contributed by atoms with Crippen LogP contribution in [0.5, 0.6) is 0 Å². The zero-order valence-electron chi connectivity index (χ0n) is 11.4. The maximum absolute atomic E-state index is 11.9. The number of halogens is 1. The van der Waals surface area contributed by atoms with Gasteiger partial charge in [0.05, 0.1) is 10.7 Å². The van der Waals surface area contributed by atoms with Gasteiger partial charge in [-0.1, -0.05) is 23.7 Å². The lowest BCUT2D eigenvalue weighted by atomic mass is 10.2. The van der Waals surface area contributed by atoms with E-state index in [9.17, 15) is 14.4 Å². The Balaban J connectivity index is 1.89. The van der Waals surface area contributed by atoms with Crippen molar-refractivity contribution >= 4 is 35.1 Å². The minimum atomic E-state index is -0.980. The second kappa shape index (κ2) is 6.58. The minimum absolute atomic E-state index is 0.190. The molecule has 0 aromatic heterocycles. The average molecular weight is 311 g/mol. The van der Waals surface area contributed by atoms with Gasteiger partial charge in [-0.15, -0.1) is 0 Å². The van der Waals surface area contributed by atoms with E-state index in [4.69, 9.17) is 16.3 Å². The van der Waals surface area contributed by atoms with Crippen LogP contribution >= 0.6 is 11.6 Å². The summed E-state index contributed by atoms with van der Waals surface area (Å²) in [7, 11) is 0. The van der Waals surface area contributed by atoms with Gasteiger partial charge in [-0.2, -0.15) is 0 Å². The molecule has 1 aliphatic rings. The maximum Gasteiger partial charge on any atom is 0.329 e. The maximum atomic E-state index is 11.9. The summed E-state index contributed by atoms with van der Waals surface area (Å²) < 4.78 is 5.05. The molecule has 2 amide bonds. The fourth-order valence-corrected chi connectivity index (χ4v) is 2.08. The third-order valence-electron chi connectivity index (χ3n) is 3.07. The molecule has 1 aromatic rings. The highest BCUT2D eigenvalue weighted by atomic mass is 35.5. The van der Waals surface area contributed by atoms with E-state index in [2.05, 4.69) is 10.6 Å². The summed E-state index contributed by atoms with van der Waals surface area (Å²) in [4.78, 5) is 34.8. The number of nitrogens with one attached hydrogen (secondary N) is 2. The first-order chi connectivity index (χ1) is 9.97. The van der Waals surface area contributed by atoms with E-state index in [-0.39, 0.29) is 5.91 Å². The van der Waals surface area contributed by atoms with Gasteiger partial charge in [0.2, 0.25) is 5.91 Å². The third-order valence-corrected chi connectivity index (χ3v) is 3.40. The molecule has 7 heteroatoms. The average Bonchev–Trinajstić information content (AvgIpc) is 2.88. The Morgan fingerprint density at radius 3 is 2.76 bits per heavy atom. The molecule has 0 spiro atoms. The molecule has 0 saturated carbocycles. The van der Waals surface area contributed by atoms with Gasteiger partial charge in [0.25, 0.3) is 5.91 Å².